The average molecular weight is 326 g/mol. The van der Waals surface area contributed by atoms with Crippen LogP contribution >= 0.6 is 0 Å². The highest BCUT2D eigenvalue weighted by atomic mass is 19.1. The number of hydrogen-bond acceptors (Lipinski definition) is 4. The van der Waals surface area contributed by atoms with Crippen LogP contribution in [-0.4, -0.2) is 28.9 Å². The third-order valence-electron chi connectivity index (χ3n) is 4.14. The summed E-state index contributed by atoms with van der Waals surface area (Å²) in [5.74, 6) is 0.357. The second-order valence-electron chi connectivity index (χ2n) is 5.59. The van der Waals surface area contributed by atoms with Crippen LogP contribution < -0.4 is 5.56 Å². The van der Waals surface area contributed by atoms with E-state index in [1.807, 2.05) is 11.5 Å². The fourth-order valence-corrected chi connectivity index (χ4v) is 2.96. The highest BCUT2D eigenvalue weighted by Crippen LogP contribution is 2.18. The van der Waals surface area contributed by atoms with Crippen LogP contribution in [0.4, 0.5) is 4.39 Å². The molecule has 0 bridgehead atoms. The third-order valence-corrected chi connectivity index (χ3v) is 4.14. The molecule has 0 N–H and O–H groups in total. The van der Waals surface area contributed by atoms with E-state index in [0.29, 0.717) is 28.9 Å². The van der Waals surface area contributed by atoms with Gasteiger partial charge in [-0.05, 0) is 19.1 Å². The van der Waals surface area contributed by atoms with Crippen LogP contribution in [0, 0.1) is 5.82 Å². The molecule has 0 fully saturated rings. The number of fused-ring (bicyclic) bond motifs is 2. The van der Waals surface area contributed by atoms with Gasteiger partial charge in [0.15, 0.2) is 5.65 Å². The van der Waals surface area contributed by atoms with Gasteiger partial charge in [0.2, 0.25) is 0 Å². The van der Waals surface area contributed by atoms with E-state index in [0.717, 1.165) is 5.52 Å². The van der Waals surface area contributed by atoms with E-state index in [9.17, 15) is 9.18 Å². The van der Waals surface area contributed by atoms with E-state index in [1.165, 1.54) is 29.2 Å². The fourth-order valence-electron chi connectivity index (χ4n) is 2.96. The predicted octanol–water partition coefficient (Wildman–Crippen LogP) is 1.69. The number of benzene rings is 1. The first-order valence-corrected chi connectivity index (χ1v) is 7.60. The minimum atomic E-state index is -0.328. The van der Waals surface area contributed by atoms with Crippen molar-refractivity contribution in [2.75, 3.05) is 0 Å². The summed E-state index contributed by atoms with van der Waals surface area (Å²) in [7, 11) is 1.74. The Labute approximate surface area is 136 Å². The molecule has 0 aliphatic rings. The smallest absolute Gasteiger partial charge is 0.264 e. The molecule has 0 saturated heterocycles. The standard InChI is InChI=1S/C16H15FN6O/c1-3-23-13-5-4-10(17)6-12(13)20-14(23)8-22-9-18-15-11(16(22)24)7-19-21(15)2/h4-7,9H,3,8H2,1-2H3. The van der Waals surface area contributed by atoms with Gasteiger partial charge >= 0.3 is 0 Å². The maximum Gasteiger partial charge on any atom is 0.264 e. The first-order valence-electron chi connectivity index (χ1n) is 7.60. The molecule has 0 saturated carbocycles. The number of imidazole rings is 1. The van der Waals surface area contributed by atoms with Gasteiger partial charge in [-0.1, -0.05) is 0 Å². The van der Waals surface area contributed by atoms with Crippen molar-refractivity contribution in [1.29, 1.82) is 0 Å². The summed E-state index contributed by atoms with van der Waals surface area (Å²) in [5, 5.41) is 4.52. The van der Waals surface area contributed by atoms with E-state index in [-0.39, 0.29) is 17.9 Å². The number of aryl methyl sites for hydroxylation is 2. The molecule has 3 heterocycles. The molecule has 0 aliphatic heterocycles. The summed E-state index contributed by atoms with van der Waals surface area (Å²) in [6.45, 7) is 2.93. The summed E-state index contributed by atoms with van der Waals surface area (Å²) in [6.07, 6.45) is 3.01. The Bertz CT molecular complexity index is 1120. The molecule has 0 radical (unpaired) electrons. The molecule has 4 rings (SSSR count). The molecule has 0 aliphatic carbocycles. The summed E-state index contributed by atoms with van der Waals surface area (Å²) in [4.78, 5) is 21.4. The fraction of sp³-hybridized carbons (Fsp3) is 0.250. The van der Waals surface area contributed by atoms with Gasteiger partial charge in [-0.2, -0.15) is 5.10 Å². The van der Waals surface area contributed by atoms with Crippen LogP contribution in [0.1, 0.15) is 12.7 Å². The molecule has 7 nitrogen and oxygen atoms in total. The zero-order chi connectivity index (χ0) is 16.8. The highest BCUT2D eigenvalue weighted by Gasteiger charge is 2.13. The van der Waals surface area contributed by atoms with Gasteiger partial charge in [-0.3, -0.25) is 14.0 Å². The minimum Gasteiger partial charge on any atom is -0.327 e. The molecule has 24 heavy (non-hydrogen) atoms. The molecule has 0 atom stereocenters. The van der Waals surface area contributed by atoms with Gasteiger partial charge in [0.25, 0.3) is 5.56 Å². The second kappa shape index (κ2) is 5.26. The van der Waals surface area contributed by atoms with Crippen molar-refractivity contribution < 1.29 is 4.39 Å². The Morgan fingerprint density at radius 2 is 2.12 bits per heavy atom. The molecule has 0 spiro atoms. The molecular weight excluding hydrogens is 311 g/mol. The van der Waals surface area contributed by atoms with Crippen molar-refractivity contribution in [1.82, 2.24) is 28.9 Å². The largest absolute Gasteiger partial charge is 0.327 e. The molecule has 0 amide bonds. The van der Waals surface area contributed by atoms with Gasteiger partial charge in [0.05, 0.1) is 23.8 Å². The van der Waals surface area contributed by atoms with Crippen LogP contribution in [0.5, 0.6) is 0 Å². The summed E-state index contributed by atoms with van der Waals surface area (Å²) >= 11 is 0. The predicted molar refractivity (Wildman–Crippen MR) is 87.2 cm³/mol. The number of halogens is 1. The number of hydrogen-bond donors (Lipinski definition) is 0. The lowest BCUT2D eigenvalue weighted by molar-refractivity contribution is 0.629. The van der Waals surface area contributed by atoms with E-state index in [2.05, 4.69) is 15.1 Å². The minimum absolute atomic E-state index is 0.172. The van der Waals surface area contributed by atoms with E-state index in [4.69, 9.17) is 0 Å². The summed E-state index contributed by atoms with van der Waals surface area (Å²) in [6, 6.07) is 4.52. The lowest BCUT2D eigenvalue weighted by Crippen LogP contribution is -2.22. The Morgan fingerprint density at radius 1 is 1.29 bits per heavy atom. The zero-order valence-electron chi connectivity index (χ0n) is 13.3. The monoisotopic (exact) mass is 326 g/mol. The van der Waals surface area contributed by atoms with Gasteiger partial charge in [0.1, 0.15) is 23.4 Å². The van der Waals surface area contributed by atoms with Crippen molar-refractivity contribution in [2.24, 2.45) is 7.05 Å². The topological polar surface area (TPSA) is 70.5 Å². The van der Waals surface area contributed by atoms with Crippen molar-refractivity contribution in [3.05, 3.63) is 52.7 Å². The normalized spacial score (nSPS) is 11.6. The third kappa shape index (κ3) is 2.10. The Balaban J connectivity index is 1.85. The van der Waals surface area contributed by atoms with Gasteiger partial charge in [0, 0.05) is 19.7 Å². The lowest BCUT2D eigenvalue weighted by Gasteiger charge is -2.08. The van der Waals surface area contributed by atoms with Crippen LogP contribution in [0.25, 0.3) is 22.1 Å². The molecule has 122 valence electrons. The Kier molecular flexibility index (Phi) is 3.19. The van der Waals surface area contributed by atoms with Crippen molar-refractivity contribution in [3.8, 4) is 0 Å². The number of rotatable bonds is 3. The molecule has 8 heteroatoms. The first-order chi connectivity index (χ1) is 11.6. The molecular formula is C16H15FN6O. The average Bonchev–Trinajstić information content (AvgIpc) is 3.10. The summed E-state index contributed by atoms with van der Waals surface area (Å²) < 4.78 is 18.4. The van der Waals surface area contributed by atoms with Crippen molar-refractivity contribution >= 4 is 22.1 Å². The second-order valence-corrected chi connectivity index (χ2v) is 5.59. The van der Waals surface area contributed by atoms with Crippen LogP contribution in [-0.2, 0) is 20.1 Å². The van der Waals surface area contributed by atoms with Crippen LogP contribution in [0.3, 0.4) is 0 Å². The molecule has 3 aromatic heterocycles. The Hall–Kier alpha value is -3.03. The number of nitrogens with zero attached hydrogens (tertiary/aromatic N) is 6. The van der Waals surface area contributed by atoms with Gasteiger partial charge in [-0.15, -0.1) is 0 Å². The van der Waals surface area contributed by atoms with Crippen molar-refractivity contribution in [3.63, 3.8) is 0 Å². The molecule has 0 unspecified atom stereocenters. The maximum absolute atomic E-state index is 13.4. The summed E-state index contributed by atoms with van der Waals surface area (Å²) in [5.41, 5.74) is 1.80. The Morgan fingerprint density at radius 3 is 2.92 bits per heavy atom. The van der Waals surface area contributed by atoms with Crippen LogP contribution in [0.15, 0.2) is 35.5 Å². The van der Waals surface area contributed by atoms with Crippen molar-refractivity contribution in [2.45, 2.75) is 20.0 Å². The quantitative estimate of drug-likeness (QED) is 0.574. The number of aromatic nitrogens is 6. The van der Waals surface area contributed by atoms with Crippen LogP contribution in [0.2, 0.25) is 0 Å². The maximum atomic E-state index is 13.4. The van der Waals surface area contributed by atoms with E-state index in [1.54, 1.807) is 17.8 Å². The highest BCUT2D eigenvalue weighted by molar-refractivity contribution is 5.76. The zero-order valence-corrected chi connectivity index (χ0v) is 13.3. The molecule has 4 aromatic rings. The molecule has 1 aromatic carbocycles. The van der Waals surface area contributed by atoms with E-state index >= 15 is 0 Å². The lowest BCUT2D eigenvalue weighted by atomic mass is 10.3. The SMILES string of the molecule is CCn1c(Cn2cnc3c(cnn3C)c2=O)nc2cc(F)ccc21. The van der Waals surface area contributed by atoms with Gasteiger partial charge < -0.3 is 4.57 Å². The van der Waals surface area contributed by atoms with E-state index < -0.39 is 0 Å². The van der Waals surface area contributed by atoms with Gasteiger partial charge in [-0.25, -0.2) is 14.4 Å². The first kappa shape index (κ1) is 14.6.